The molecule has 1 saturated heterocycles. The molecule has 1 atom stereocenters. The average molecular weight is 361 g/mol. The highest BCUT2D eigenvalue weighted by Crippen LogP contribution is 2.14. The molecule has 0 bridgehead atoms. The van der Waals surface area contributed by atoms with Gasteiger partial charge in [-0.3, -0.25) is 9.79 Å². The van der Waals surface area contributed by atoms with Gasteiger partial charge in [0.2, 0.25) is 5.91 Å². The van der Waals surface area contributed by atoms with E-state index >= 15 is 0 Å². The number of likely N-dealkylation sites (N-methyl/N-ethyl adjacent to an activating group) is 1. The van der Waals surface area contributed by atoms with E-state index in [4.69, 9.17) is 4.74 Å². The third kappa shape index (κ3) is 6.58. The fourth-order valence-corrected chi connectivity index (χ4v) is 2.95. The number of rotatable bonds is 8. The van der Waals surface area contributed by atoms with Gasteiger partial charge in [0, 0.05) is 39.1 Å². The molecule has 1 unspecified atom stereocenters. The van der Waals surface area contributed by atoms with Crippen LogP contribution in [0.3, 0.4) is 0 Å². The van der Waals surface area contributed by atoms with Crippen LogP contribution < -0.4 is 15.4 Å². The molecule has 0 aliphatic carbocycles. The fourth-order valence-electron chi connectivity index (χ4n) is 2.95. The SMILES string of the molecule is CCCOc1cccc(CCN=C(NCC)NC2CCC(=O)N(C)C2)c1. The first kappa shape index (κ1) is 20.1. The van der Waals surface area contributed by atoms with Crippen molar-refractivity contribution >= 4 is 11.9 Å². The molecule has 1 heterocycles. The summed E-state index contributed by atoms with van der Waals surface area (Å²) in [4.78, 5) is 18.1. The summed E-state index contributed by atoms with van der Waals surface area (Å²) >= 11 is 0. The summed E-state index contributed by atoms with van der Waals surface area (Å²) < 4.78 is 5.69. The second kappa shape index (κ2) is 10.7. The number of carbonyl (C=O) groups excluding carboxylic acids is 1. The van der Waals surface area contributed by atoms with Crippen LogP contribution in [0.5, 0.6) is 5.75 Å². The van der Waals surface area contributed by atoms with Gasteiger partial charge in [0.05, 0.1) is 6.61 Å². The van der Waals surface area contributed by atoms with E-state index in [1.165, 1.54) is 5.56 Å². The van der Waals surface area contributed by atoms with Crippen molar-refractivity contribution in [1.29, 1.82) is 0 Å². The van der Waals surface area contributed by atoms with Crippen LogP contribution in [0.2, 0.25) is 0 Å². The lowest BCUT2D eigenvalue weighted by molar-refractivity contribution is -0.132. The first-order valence-electron chi connectivity index (χ1n) is 9.63. The second-order valence-electron chi connectivity index (χ2n) is 6.66. The Balaban J connectivity index is 1.87. The van der Waals surface area contributed by atoms with E-state index in [2.05, 4.69) is 41.6 Å². The molecule has 26 heavy (non-hydrogen) atoms. The minimum Gasteiger partial charge on any atom is -0.494 e. The van der Waals surface area contributed by atoms with Crippen LogP contribution in [0.4, 0.5) is 0 Å². The van der Waals surface area contributed by atoms with Crippen molar-refractivity contribution < 1.29 is 9.53 Å². The molecule has 1 aliphatic rings. The maximum Gasteiger partial charge on any atom is 0.222 e. The number of likely N-dealkylation sites (tertiary alicyclic amines) is 1. The van der Waals surface area contributed by atoms with Gasteiger partial charge < -0.3 is 20.3 Å². The maximum atomic E-state index is 11.6. The smallest absolute Gasteiger partial charge is 0.222 e. The Bertz CT molecular complexity index is 603. The van der Waals surface area contributed by atoms with Crippen LogP contribution in [-0.4, -0.2) is 56.1 Å². The monoisotopic (exact) mass is 360 g/mol. The summed E-state index contributed by atoms with van der Waals surface area (Å²) in [6.45, 7) is 7.15. The molecule has 1 aliphatic heterocycles. The van der Waals surface area contributed by atoms with Gasteiger partial charge in [-0.05, 0) is 43.9 Å². The zero-order chi connectivity index (χ0) is 18.8. The molecule has 1 fully saturated rings. The quantitative estimate of drug-likeness (QED) is 0.551. The minimum atomic E-state index is 0.218. The Morgan fingerprint density at radius 1 is 1.38 bits per heavy atom. The molecule has 1 aromatic carbocycles. The Kier molecular flexibility index (Phi) is 8.25. The van der Waals surface area contributed by atoms with E-state index < -0.39 is 0 Å². The predicted octanol–water partition coefficient (Wildman–Crippen LogP) is 2.19. The highest BCUT2D eigenvalue weighted by atomic mass is 16.5. The lowest BCUT2D eigenvalue weighted by Crippen LogP contribution is -2.51. The van der Waals surface area contributed by atoms with Crippen molar-refractivity contribution in [3.8, 4) is 5.75 Å². The van der Waals surface area contributed by atoms with Crippen molar-refractivity contribution in [2.24, 2.45) is 4.99 Å². The number of hydrogen-bond donors (Lipinski definition) is 2. The molecule has 0 aromatic heterocycles. The first-order chi connectivity index (χ1) is 12.6. The van der Waals surface area contributed by atoms with Gasteiger partial charge in [0.25, 0.3) is 0 Å². The molecular formula is C20H32N4O2. The topological polar surface area (TPSA) is 66.0 Å². The number of nitrogens with zero attached hydrogens (tertiary/aromatic N) is 2. The van der Waals surface area contributed by atoms with Gasteiger partial charge in [0.15, 0.2) is 5.96 Å². The van der Waals surface area contributed by atoms with Gasteiger partial charge in [0.1, 0.15) is 5.75 Å². The standard InChI is InChI=1S/C20H32N4O2/c1-4-13-26-18-8-6-7-16(14-18)11-12-22-20(21-5-2)23-17-9-10-19(25)24(3)15-17/h6-8,14,17H,4-5,9-13,15H2,1-3H3,(H2,21,22,23). The Morgan fingerprint density at radius 2 is 2.23 bits per heavy atom. The van der Waals surface area contributed by atoms with Crippen LogP contribution >= 0.6 is 0 Å². The summed E-state index contributed by atoms with van der Waals surface area (Å²) in [5.41, 5.74) is 1.22. The number of nitrogens with one attached hydrogen (secondary N) is 2. The number of carbonyl (C=O) groups is 1. The molecule has 0 spiro atoms. The Hall–Kier alpha value is -2.24. The van der Waals surface area contributed by atoms with Crippen molar-refractivity contribution in [2.75, 3.05) is 33.3 Å². The summed E-state index contributed by atoms with van der Waals surface area (Å²) in [5, 5.41) is 6.75. The third-order valence-corrected chi connectivity index (χ3v) is 4.35. The number of guanidine groups is 1. The maximum absolute atomic E-state index is 11.6. The number of aliphatic imine (C=N–C) groups is 1. The molecule has 144 valence electrons. The van der Waals surface area contributed by atoms with Crippen LogP contribution in [0.25, 0.3) is 0 Å². The van der Waals surface area contributed by atoms with Crippen molar-refractivity contribution in [3.63, 3.8) is 0 Å². The molecule has 1 amide bonds. The number of benzene rings is 1. The van der Waals surface area contributed by atoms with Crippen molar-refractivity contribution in [1.82, 2.24) is 15.5 Å². The minimum absolute atomic E-state index is 0.218. The lowest BCUT2D eigenvalue weighted by Gasteiger charge is -2.31. The molecule has 6 nitrogen and oxygen atoms in total. The average Bonchev–Trinajstić information content (AvgIpc) is 2.63. The summed E-state index contributed by atoms with van der Waals surface area (Å²) in [5.74, 6) is 1.96. The third-order valence-electron chi connectivity index (χ3n) is 4.35. The van der Waals surface area contributed by atoms with E-state index in [9.17, 15) is 4.79 Å². The molecular weight excluding hydrogens is 328 g/mol. The van der Waals surface area contributed by atoms with Gasteiger partial charge in [-0.25, -0.2) is 0 Å². The van der Waals surface area contributed by atoms with E-state index in [-0.39, 0.29) is 11.9 Å². The number of piperidine rings is 1. The van der Waals surface area contributed by atoms with Crippen LogP contribution in [0.1, 0.15) is 38.7 Å². The van der Waals surface area contributed by atoms with Crippen LogP contribution in [-0.2, 0) is 11.2 Å². The number of hydrogen-bond acceptors (Lipinski definition) is 3. The summed E-state index contributed by atoms with van der Waals surface area (Å²) in [6.07, 6.45) is 3.32. The summed E-state index contributed by atoms with van der Waals surface area (Å²) in [7, 11) is 1.85. The van der Waals surface area contributed by atoms with Crippen LogP contribution in [0.15, 0.2) is 29.3 Å². The van der Waals surface area contributed by atoms with Crippen molar-refractivity contribution in [2.45, 2.75) is 45.6 Å². The summed E-state index contributed by atoms with van der Waals surface area (Å²) in [6, 6.07) is 8.47. The zero-order valence-corrected chi connectivity index (χ0v) is 16.3. The van der Waals surface area contributed by atoms with E-state index in [1.54, 1.807) is 4.90 Å². The molecule has 0 saturated carbocycles. The Labute approximate surface area is 157 Å². The normalized spacial score (nSPS) is 18.0. The number of ether oxygens (including phenoxy) is 1. The van der Waals surface area contributed by atoms with Gasteiger partial charge >= 0.3 is 0 Å². The van der Waals surface area contributed by atoms with Gasteiger partial charge in [-0.2, -0.15) is 0 Å². The van der Waals surface area contributed by atoms with E-state index in [1.807, 2.05) is 19.2 Å². The molecule has 1 aromatic rings. The lowest BCUT2D eigenvalue weighted by atomic mass is 10.1. The molecule has 6 heteroatoms. The first-order valence-corrected chi connectivity index (χ1v) is 9.63. The van der Waals surface area contributed by atoms with Gasteiger partial charge in [-0.15, -0.1) is 0 Å². The van der Waals surface area contributed by atoms with Crippen molar-refractivity contribution in [3.05, 3.63) is 29.8 Å². The highest BCUT2D eigenvalue weighted by Gasteiger charge is 2.23. The second-order valence-corrected chi connectivity index (χ2v) is 6.66. The zero-order valence-electron chi connectivity index (χ0n) is 16.3. The van der Waals surface area contributed by atoms with E-state index in [0.717, 1.165) is 50.7 Å². The molecule has 2 N–H and O–H groups in total. The molecule has 0 radical (unpaired) electrons. The number of amides is 1. The predicted molar refractivity (Wildman–Crippen MR) is 106 cm³/mol. The van der Waals surface area contributed by atoms with Crippen LogP contribution in [0, 0.1) is 0 Å². The largest absolute Gasteiger partial charge is 0.494 e. The molecule has 2 rings (SSSR count). The Morgan fingerprint density at radius 3 is 2.96 bits per heavy atom. The van der Waals surface area contributed by atoms with Gasteiger partial charge in [-0.1, -0.05) is 19.1 Å². The van der Waals surface area contributed by atoms with E-state index in [0.29, 0.717) is 13.0 Å². The highest BCUT2D eigenvalue weighted by molar-refractivity contribution is 5.81. The fraction of sp³-hybridized carbons (Fsp3) is 0.600.